The summed E-state index contributed by atoms with van der Waals surface area (Å²) in [5.41, 5.74) is 0.294. The molecule has 3 aliphatic rings. The Bertz CT molecular complexity index is 727. The molecule has 1 aliphatic heterocycles. The second-order valence-electron chi connectivity index (χ2n) is 9.14. The molecule has 1 aromatic carbocycles. The first-order valence-electron chi connectivity index (χ1n) is 9.66. The van der Waals surface area contributed by atoms with E-state index in [2.05, 4.69) is 0 Å². The fraction of sp³-hybridized carbons (Fsp3) is 0.667. The molecule has 3 fully saturated rings. The minimum absolute atomic E-state index is 0.0267. The number of methoxy groups -OCH3 is 1. The van der Waals surface area contributed by atoms with Crippen LogP contribution < -0.4 is 4.74 Å². The van der Waals surface area contributed by atoms with E-state index in [-0.39, 0.29) is 22.8 Å². The zero-order valence-electron chi connectivity index (χ0n) is 15.9. The van der Waals surface area contributed by atoms with Gasteiger partial charge in [0.1, 0.15) is 5.75 Å². The largest absolute Gasteiger partial charge is 0.497 e. The number of carbonyl (C=O) groups is 1. The summed E-state index contributed by atoms with van der Waals surface area (Å²) < 4.78 is 31.7. The van der Waals surface area contributed by atoms with Crippen LogP contribution in [-0.4, -0.2) is 41.7 Å². The normalized spacial score (nSPS) is 29.3. The van der Waals surface area contributed by atoms with Crippen molar-refractivity contribution in [2.24, 2.45) is 17.3 Å². The monoisotopic (exact) mass is 379 g/mol. The zero-order chi connectivity index (χ0) is 19.4. The van der Waals surface area contributed by atoms with Crippen molar-refractivity contribution in [1.82, 2.24) is 4.90 Å². The van der Waals surface area contributed by atoms with Gasteiger partial charge in [0.15, 0.2) is 0 Å². The lowest BCUT2D eigenvalue weighted by Gasteiger charge is -2.60. The number of hydrogen-bond donors (Lipinski definition) is 1. The van der Waals surface area contributed by atoms with E-state index in [1.165, 1.54) is 13.2 Å². The molecule has 1 spiro atoms. The first-order valence-corrected chi connectivity index (χ1v) is 9.66. The van der Waals surface area contributed by atoms with Crippen LogP contribution in [0.5, 0.6) is 5.75 Å². The second-order valence-corrected chi connectivity index (χ2v) is 9.14. The smallest absolute Gasteiger partial charge is 0.264 e. The summed E-state index contributed by atoms with van der Waals surface area (Å²) in [6, 6.07) is 4.93. The third-order valence-electron chi connectivity index (χ3n) is 6.63. The third kappa shape index (κ3) is 3.44. The third-order valence-corrected chi connectivity index (χ3v) is 6.63. The van der Waals surface area contributed by atoms with Crippen molar-refractivity contribution in [1.29, 1.82) is 0 Å². The molecule has 4 nitrogen and oxygen atoms in total. The van der Waals surface area contributed by atoms with Gasteiger partial charge >= 0.3 is 0 Å². The SMILES string of the molecule is COc1ccc(CC2CC3(C2)CN(C(=O)C2CC(C)(O)C2)C3)c(C(F)F)c1. The van der Waals surface area contributed by atoms with Crippen molar-refractivity contribution in [2.75, 3.05) is 20.2 Å². The molecule has 2 saturated carbocycles. The second kappa shape index (κ2) is 6.43. The fourth-order valence-electron chi connectivity index (χ4n) is 5.32. The Labute approximate surface area is 158 Å². The summed E-state index contributed by atoms with van der Waals surface area (Å²) in [6.07, 6.45) is 1.27. The van der Waals surface area contributed by atoms with Crippen LogP contribution >= 0.6 is 0 Å². The maximum Gasteiger partial charge on any atom is 0.264 e. The van der Waals surface area contributed by atoms with E-state index in [1.807, 2.05) is 4.90 Å². The van der Waals surface area contributed by atoms with Crippen LogP contribution in [-0.2, 0) is 11.2 Å². The highest BCUT2D eigenvalue weighted by molar-refractivity contribution is 5.81. The predicted molar refractivity (Wildman–Crippen MR) is 96.7 cm³/mol. The molecular weight excluding hydrogens is 352 g/mol. The lowest BCUT2D eigenvalue weighted by molar-refractivity contribution is -0.171. The van der Waals surface area contributed by atoms with Crippen molar-refractivity contribution in [3.05, 3.63) is 29.3 Å². The number of aliphatic hydroxyl groups is 1. The number of nitrogens with zero attached hydrogens (tertiary/aromatic N) is 1. The average Bonchev–Trinajstić information content (AvgIpc) is 2.52. The highest BCUT2D eigenvalue weighted by atomic mass is 19.3. The van der Waals surface area contributed by atoms with Gasteiger partial charge in [-0.15, -0.1) is 0 Å². The standard InChI is InChI=1S/C21H27F2NO3/c1-20(26)9-15(10-20)19(25)24-11-21(12-24)7-13(8-21)5-14-3-4-16(27-2)6-17(14)18(22)23/h3-4,6,13,15,18,26H,5,7-12H2,1-2H3. The highest BCUT2D eigenvalue weighted by Crippen LogP contribution is 2.54. The van der Waals surface area contributed by atoms with E-state index >= 15 is 0 Å². The van der Waals surface area contributed by atoms with Crippen LogP contribution in [0.25, 0.3) is 0 Å². The van der Waals surface area contributed by atoms with Crippen molar-refractivity contribution in [2.45, 2.75) is 51.1 Å². The first-order chi connectivity index (χ1) is 12.7. The highest BCUT2D eigenvalue weighted by Gasteiger charge is 2.55. The number of halogens is 2. The van der Waals surface area contributed by atoms with Gasteiger partial charge in [-0.2, -0.15) is 0 Å². The van der Waals surface area contributed by atoms with Gasteiger partial charge in [-0.3, -0.25) is 4.79 Å². The zero-order valence-corrected chi connectivity index (χ0v) is 15.9. The first kappa shape index (κ1) is 18.7. The Balaban J connectivity index is 1.28. The Morgan fingerprint density at radius 1 is 1.30 bits per heavy atom. The molecule has 0 radical (unpaired) electrons. The Morgan fingerprint density at radius 2 is 1.96 bits per heavy atom. The number of likely N-dealkylation sites (tertiary alicyclic amines) is 1. The summed E-state index contributed by atoms with van der Waals surface area (Å²) >= 11 is 0. The number of carbonyl (C=O) groups excluding carboxylic acids is 1. The number of alkyl halides is 2. The minimum Gasteiger partial charge on any atom is -0.497 e. The van der Waals surface area contributed by atoms with E-state index < -0.39 is 12.0 Å². The van der Waals surface area contributed by atoms with Gasteiger partial charge in [0, 0.05) is 30.0 Å². The maximum atomic E-state index is 13.3. The van der Waals surface area contributed by atoms with Crippen molar-refractivity contribution >= 4 is 5.91 Å². The fourth-order valence-corrected chi connectivity index (χ4v) is 5.32. The molecule has 0 bridgehead atoms. The van der Waals surface area contributed by atoms with Crippen LogP contribution in [0, 0.1) is 17.3 Å². The molecule has 1 amide bonds. The van der Waals surface area contributed by atoms with E-state index in [9.17, 15) is 18.7 Å². The van der Waals surface area contributed by atoms with Gasteiger partial charge < -0.3 is 14.7 Å². The molecule has 1 heterocycles. The summed E-state index contributed by atoms with van der Waals surface area (Å²) in [5.74, 6) is 1.01. The van der Waals surface area contributed by atoms with Gasteiger partial charge in [-0.25, -0.2) is 8.78 Å². The van der Waals surface area contributed by atoms with Gasteiger partial charge in [0.05, 0.1) is 12.7 Å². The van der Waals surface area contributed by atoms with E-state index in [4.69, 9.17) is 4.74 Å². The average molecular weight is 379 g/mol. The van der Waals surface area contributed by atoms with Crippen LogP contribution in [0.4, 0.5) is 8.78 Å². The number of hydrogen-bond acceptors (Lipinski definition) is 3. The molecular formula is C21H27F2NO3. The summed E-state index contributed by atoms with van der Waals surface area (Å²) in [6.45, 7) is 3.34. The van der Waals surface area contributed by atoms with E-state index in [0.29, 0.717) is 36.5 Å². The molecule has 1 saturated heterocycles. The summed E-state index contributed by atoms with van der Waals surface area (Å²) in [7, 11) is 1.48. The van der Waals surface area contributed by atoms with Gasteiger partial charge in [0.2, 0.25) is 5.91 Å². The molecule has 6 heteroatoms. The van der Waals surface area contributed by atoms with Crippen LogP contribution in [0.15, 0.2) is 18.2 Å². The number of rotatable bonds is 5. The van der Waals surface area contributed by atoms with Gasteiger partial charge in [-0.1, -0.05) is 6.07 Å². The topological polar surface area (TPSA) is 49.8 Å². The Kier molecular flexibility index (Phi) is 4.45. The molecule has 4 rings (SSSR count). The van der Waals surface area contributed by atoms with Gasteiger partial charge in [-0.05, 0) is 62.6 Å². The van der Waals surface area contributed by atoms with Crippen LogP contribution in [0.1, 0.15) is 50.2 Å². The number of ether oxygens (including phenoxy) is 1. The number of amides is 1. The summed E-state index contributed by atoms with van der Waals surface area (Å²) in [5, 5.41) is 9.80. The molecule has 0 aromatic heterocycles. The quantitative estimate of drug-likeness (QED) is 0.851. The number of benzene rings is 1. The molecule has 27 heavy (non-hydrogen) atoms. The maximum absolute atomic E-state index is 13.3. The van der Waals surface area contributed by atoms with Crippen molar-refractivity contribution < 1.29 is 23.4 Å². The van der Waals surface area contributed by atoms with Crippen molar-refractivity contribution in [3.63, 3.8) is 0 Å². The Morgan fingerprint density at radius 3 is 2.52 bits per heavy atom. The molecule has 0 unspecified atom stereocenters. The minimum atomic E-state index is -2.50. The van der Waals surface area contributed by atoms with Crippen LogP contribution in [0.2, 0.25) is 0 Å². The Hall–Kier alpha value is -1.69. The predicted octanol–water partition coefficient (Wildman–Crippen LogP) is 3.57. The van der Waals surface area contributed by atoms with E-state index in [0.717, 1.165) is 25.9 Å². The molecule has 2 aliphatic carbocycles. The van der Waals surface area contributed by atoms with Gasteiger partial charge in [0.25, 0.3) is 6.43 Å². The summed E-state index contributed by atoms with van der Waals surface area (Å²) in [4.78, 5) is 14.3. The van der Waals surface area contributed by atoms with Crippen molar-refractivity contribution in [3.8, 4) is 5.75 Å². The molecule has 0 atom stereocenters. The lowest BCUT2D eigenvalue weighted by atomic mass is 9.56. The van der Waals surface area contributed by atoms with Crippen LogP contribution in [0.3, 0.4) is 0 Å². The lowest BCUT2D eigenvalue weighted by Crippen LogP contribution is -2.66. The molecule has 1 N–H and O–H groups in total. The molecule has 148 valence electrons. The van der Waals surface area contributed by atoms with E-state index in [1.54, 1.807) is 19.1 Å². The molecule has 1 aromatic rings.